The Morgan fingerprint density at radius 2 is 1.21 bits per heavy atom. The summed E-state index contributed by atoms with van der Waals surface area (Å²) in [6, 6.07) is 17.2. The normalized spacial score (nSPS) is 28.0. The van der Waals surface area contributed by atoms with Crippen molar-refractivity contribution in [3.05, 3.63) is 101 Å². The van der Waals surface area contributed by atoms with Crippen molar-refractivity contribution in [2.45, 2.75) is 28.9 Å². The van der Waals surface area contributed by atoms with E-state index in [9.17, 15) is 27.6 Å². The fourth-order valence-electron chi connectivity index (χ4n) is 6.26. The number of hydrogen-bond donors (Lipinski definition) is 1. The molecule has 3 atom stereocenters. The number of hydrogen-bond acceptors (Lipinski definition) is 3. The minimum atomic E-state index is -4.71. The molecule has 5 nitrogen and oxygen atoms in total. The van der Waals surface area contributed by atoms with Crippen LogP contribution >= 0.6 is 23.2 Å². The highest BCUT2D eigenvalue weighted by molar-refractivity contribution is 6.36. The Labute approximate surface area is 225 Å². The van der Waals surface area contributed by atoms with Gasteiger partial charge >= 0.3 is 6.18 Å². The summed E-state index contributed by atoms with van der Waals surface area (Å²) >= 11 is 14.7. The van der Waals surface area contributed by atoms with Crippen LogP contribution < -0.4 is 5.32 Å². The van der Waals surface area contributed by atoms with E-state index >= 15 is 0 Å². The van der Waals surface area contributed by atoms with Crippen LogP contribution in [0.3, 0.4) is 0 Å². The second kappa shape index (κ2) is 8.07. The lowest BCUT2D eigenvalue weighted by atomic mass is 9.54. The van der Waals surface area contributed by atoms with Crippen LogP contribution in [-0.2, 0) is 30.3 Å². The molecule has 0 saturated carbocycles. The highest BCUT2D eigenvalue weighted by Gasteiger charge is 2.73. The third-order valence-electron chi connectivity index (χ3n) is 7.88. The van der Waals surface area contributed by atoms with E-state index < -0.39 is 62.8 Å². The molecular formula is C28H19Cl2F3N2O3. The number of rotatable bonds is 3. The van der Waals surface area contributed by atoms with E-state index in [1.54, 1.807) is 48.5 Å². The smallest absolute Gasteiger partial charge is 0.324 e. The van der Waals surface area contributed by atoms with Gasteiger partial charge < -0.3 is 5.32 Å². The lowest BCUT2D eigenvalue weighted by Crippen LogP contribution is -2.57. The Hall–Kier alpha value is -3.36. The van der Waals surface area contributed by atoms with Crippen molar-refractivity contribution in [1.82, 2.24) is 4.90 Å². The minimum absolute atomic E-state index is 0.476. The predicted molar refractivity (Wildman–Crippen MR) is 135 cm³/mol. The molecule has 1 aliphatic heterocycles. The summed E-state index contributed by atoms with van der Waals surface area (Å²) in [6.07, 6.45) is -4.71. The second-order valence-electron chi connectivity index (χ2n) is 9.73. The van der Waals surface area contributed by atoms with E-state index in [-0.39, 0.29) is 0 Å². The van der Waals surface area contributed by atoms with Crippen molar-refractivity contribution in [3.8, 4) is 0 Å². The number of anilines is 1. The van der Waals surface area contributed by atoms with Gasteiger partial charge in [0.1, 0.15) is 15.8 Å². The summed E-state index contributed by atoms with van der Waals surface area (Å²) in [4.78, 5) is 39.0. The topological polar surface area (TPSA) is 66.5 Å². The summed E-state index contributed by atoms with van der Waals surface area (Å²) in [5.41, 5.74) is 0.908. The van der Waals surface area contributed by atoms with Gasteiger partial charge in [0.25, 0.3) is 0 Å². The summed E-state index contributed by atoms with van der Waals surface area (Å²) < 4.78 is 40.4. The zero-order chi connectivity index (χ0) is 27.2. The molecule has 1 N–H and O–H groups in total. The molecule has 10 heteroatoms. The molecule has 3 amide bonds. The maximum atomic E-state index is 13.9. The van der Waals surface area contributed by atoms with Crippen LogP contribution in [-0.4, -0.2) is 28.7 Å². The van der Waals surface area contributed by atoms with Gasteiger partial charge in [-0.2, -0.15) is 13.2 Å². The largest absolute Gasteiger partial charge is 0.418 e. The number of halogens is 5. The number of nitrogens with zero attached hydrogens (tertiary/aromatic N) is 1. The summed E-state index contributed by atoms with van der Waals surface area (Å²) in [5, 5.41) is 2.24. The third kappa shape index (κ3) is 3.04. The number of para-hydroxylation sites is 1. The Bertz CT molecular complexity index is 1420. The number of likely N-dealkylation sites (tertiary alicyclic amines) is 1. The fourth-order valence-corrected chi connectivity index (χ4v) is 7.36. The first-order valence-corrected chi connectivity index (χ1v) is 12.6. The van der Waals surface area contributed by atoms with Crippen molar-refractivity contribution >= 4 is 46.6 Å². The van der Waals surface area contributed by atoms with Gasteiger partial charge in [-0.05, 0) is 41.3 Å². The van der Waals surface area contributed by atoms with Crippen LogP contribution in [0.2, 0.25) is 0 Å². The molecule has 194 valence electrons. The van der Waals surface area contributed by atoms with Crippen molar-refractivity contribution in [3.63, 3.8) is 0 Å². The number of imide groups is 1. The Morgan fingerprint density at radius 1 is 0.816 bits per heavy atom. The molecule has 38 heavy (non-hydrogen) atoms. The fraction of sp³-hybridized carbons (Fsp3) is 0.250. The lowest BCUT2D eigenvalue weighted by molar-refractivity contribution is -0.146. The van der Waals surface area contributed by atoms with E-state index in [0.29, 0.717) is 22.3 Å². The molecule has 0 spiro atoms. The van der Waals surface area contributed by atoms with Crippen molar-refractivity contribution in [2.75, 3.05) is 5.32 Å². The monoisotopic (exact) mass is 558 g/mol. The van der Waals surface area contributed by atoms with Gasteiger partial charge in [0.15, 0.2) is 0 Å². The van der Waals surface area contributed by atoms with E-state index in [1.165, 1.54) is 19.1 Å². The number of carbonyl (C=O) groups excluding carboxylic acids is 3. The van der Waals surface area contributed by atoms with Crippen LogP contribution in [0.15, 0.2) is 72.8 Å². The van der Waals surface area contributed by atoms with E-state index in [4.69, 9.17) is 23.2 Å². The van der Waals surface area contributed by atoms with Crippen LogP contribution in [0.4, 0.5) is 18.9 Å². The van der Waals surface area contributed by atoms with Crippen LogP contribution in [0.1, 0.15) is 34.7 Å². The predicted octanol–water partition coefficient (Wildman–Crippen LogP) is 5.63. The SMILES string of the molecule is C[C@H](C(=O)Nc1ccccc1C(F)(F)F)N1C(=O)[C@@H]2[C@H](C1=O)C1(Cl)c3ccccc3C2(Cl)c2ccccc21. The molecule has 7 rings (SSSR count). The first-order chi connectivity index (χ1) is 17.9. The van der Waals surface area contributed by atoms with Crippen LogP contribution in [0.25, 0.3) is 0 Å². The first-order valence-electron chi connectivity index (χ1n) is 11.8. The summed E-state index contributed by atoms with van der Waals surface area (Å²) in [5.74, 6) is -4.57. The van der Waals surface area contributed by atoms with E-state index in [0.717, 1.165) is 17.0 Å². The Balaban J connectivity index is 1.42. The molecule has 4 aliphatic rings. The number of amides is 3. The highest BCUT2D eigenvalue weighted by Crippen LogP contribution is 2.69. The summed E-state index contributed by atoms with van der Waals surface area (Å²) in [7, 11) is 0. The van der Waals surface area contributed by atoms with Crippen LogP contribution in [0.5, 0.6) is 0 Å². The number of alkyl halides is 5. The number of benzene rings is 3. The van der Waals surface area contributed by atoms with Gasteiger partial charge in [0.2, 0.25) is 17.7 Å². The van der Waals surface area contributed by atoms with Gasteiger partial charge in [0, 0.05) is 0 Å². The number of carbonyl (C=O) groups is 3. The third-order valence-corrected chi connectivity index (χ3v) is 9.16. The van der Waals surface area contributed by atoms with Crippen molar-refractivity contribution < 1.29 is 27.6 Å². The average molecular weight is 559 g/mol. The Morgan fingerprint density at radius 3 is 1.63 bits per heavy atom. The second-order valence-corrected chi connectivity index (χ2v) is 10.9. The molecule has 0 radical (unpaired) electrons. The first kappa shape index (κ1) is 24.9. The Kier molecular flexibility index (Phi) is 5.30. The molecule has 0 unspecified atom stereocenters. The zero-order valence-electron chi connectivity index (χ0n) is 19.7. The van der Waals surface area contributed by atoms with Crippen LogP contribution in [0, 0.1) is 11.8 Å². The molecular weight excluding hydrogens is 540 g/mol. The maximum absolute atomic E-state index is 13.9. The number of nitrogens with one attached hydrogen (secondary N) is 1. The molecule has 3 aliphatic carbocycles. The lowest BCUT2D eigenvalue weighted by Gasteiger charge is -2.54. The molecule has 1 heterocycles. The summed E-state index contributed by atoms with van der Waals surface area (Å²) in [6.45, 7) is 1.29. The van der Waals surface area contributed by atoms with Gasteiger partial charge in [0.05, 0.1) is 23.1 Å². The van der Waals surface area contributed by atoms with Gasteiger partial charge in [-0.25, -0.2) is 0 Å². The van der Waals surface area contributed by atoms with Gasteiger partial charge in [-0.1, -0.05) is 60.7 Å². The average Bonchev–Trinajstić information content (AvgIpc) is 3.17. The van der Waals surface area contributed by atoms with Gasteiger partial charge in [-0.3, -0.25) is 19.3 Å². The van der Waals surface area contributed by atoms with Crippen molar-refractivity contribution in [1.29, 1.82) is 0 Å². The maximum Gasteiger partial charge on any atom is 0.418 e. The minimum Gasteiger partial charge on any atom is -0.324 e. The molecule has 0 aromatic heterocycles. The highest BCUT2D eigenvalue weighted by atomic mass is 35.5. The van der Waals surface area contributed by atoms with Crippen molar-refractivity contribution in [2.24, 2.45) is 11.8 Å². The molecule has 3 aromatic rings. The standard InChI is InChI=1S/C28H19Cl2F3N2O3/c1-14(23(36)34-20-13-7-6-12-19(20)28(31,32)33)35-24(37)21-22(25(35)38)27(30)16-9-3-2-8-15(16)26(21,29)17-10-4-5-11-18(17)27/h2-14,21-22H,1H3,(H,34,36)/t14-,21-,22+,26?,27?/m1/s1. The molecule has 2 bridgehead atoms. The quantitative estimate of drug-likeness (QED) is 0.335. The zero-order valence-corrected chi connectivity index (χ0v) is 21.2. The van der Waals surface area contributed by atoms with E-state index in [2.05, 4.69) is 5.32 Å². The molecule has 1 fully saturated rings. The van der Waals surface area contributed by atoms with Gasteiger partial charge in [-0.15, -0.1) is 23.2 Å². The molecule has 1 saturated heterocycles. The van der Waals surface area contributed by atoms with E-state index in [1.807, 2.05) is 0 Å². The molecule has 3 aromatic carbocycles.